The molecule has 0 aliphatic rings. The lowest BCUT2D eigenvalue weighted by atomic mass is 10.2. The van der Waals surface area contributed by atoms with Gasteiger partial charge in [-0.3, -0.25) is 0 Å². The summed E-state index contributed by atoms with van der Waals surface area (Å²) in [7, 11) is 2.08. The molecule has 114 valence electrons. The summed E-state index contributed by atoms with van der Waals surface area (Å²) in [5.74, 6) is 1.04. The molecule has 0 radical (unpaired) electrons. The van der Waals surface area contributed by atoms with E-state index in [4.69, 9.17) is 0 Å². The molecular formula is C16H24N4S. The normalized spacial score (nSPS) is 11.1. The molecule has 2 aromatic heterocycles. The SMILES string of the molecule is Cc1cc(CNC(C)C)cnc1N(C)Cc1scnc1C. The molecule has 0 saturated carbocycles. The quantitative estimate of drug-likeness (QED) is 0.889. The molecule has 21 heavy (non-hydrogen) atoms. The summed E-state index contributed by atoms with van der Waals surface area (Å²) >= 11 is 1.70. The van der Waals surface area contributed by atoms with E-state index in [1.54, 1.807) is 11.3 Å². The molecule has 4 nitrogen and oxygen atoms in total. The molecule has 2 heterocycles. The fourth-order valence-corrected chi connectivity index (χ4v) is 3.04. The van der Waals surface area contributed by atoms with Crippen molar-refractivity contribution in [1.29, 1.82) is 0 Å². The maximum Gasteiger partial charge on any atom is 0.131 e. The van der Waals surface area contributed by atoms with Crippen LogP contribution in [0.2, 0.25) is 0 Å². The Morgan fingerprint density at radius 1 is 1.29 bits per heavy atom. The molecule has 0 spiro atoms. The molecule has 0 unspecified atom stereocenters. The van der Waals surface area contributed by atoms with E-state index in [1.165, 1.54) is 16.0 Å². The van der Waals surface area contributed by atoms with Crippen LogP contribution >= 0.6 is 11.3 Å². The number of nitrogens with zero attached hydrogens (tertiary/aromatic N) is 3. The van der Waals surface area contributed by atoms with Crippen LogP contribution in [0.4, 0.5) is 5.82 Å². The van der Waals surface area contributed by atoms with Crippen molar-refractivity contribution in [2.45, 2.75) is 46.8 Å². The van der Waals surface area contributed by atoms with Gasteiger partial charge in [0.15, 0.2) is 0 Å². The van der Waals surface area contributed by atoms with E-state index in [0.29, 0.717) is 6.04 Å². The van der Waals surface area contributed by atoms with Crippen LogP contribution in [-0.2, 0) is 13.1 Å². The van der Waals surface area contributed by atoms with Crippen molar-refractivity contribution in [2.24, 2.45) is 0 Å². The van der Waals surface area contributed by atoms with Crippen molar-refractivity contribution < 1.29 is 0 Å². The number of hydrogen-bond donors (Lipinski definition) is 1. The number of thiazole rings is 1. The lowest BCUT2D eigenvalue weighted by Crippen LogP contribution is -2.22. The number of anilines is 1. The Morgan fingerprint density at radius 3 is 2.62 bits per heavy atom. The second-order valence-electron chi connectivity index (χ2n) is 5.74. The molecule has 1 N–H and O–H groups in total. The van der Waals surface area contributed by atoms with Crippen molar-refractivity contribution in [3.05, 3.63) is 39.5 Å². The van der Waals surface area contributed by atoms with Crippen molar-refractivity contribution >= 4 is 17.2 Å². The molecule has 0 bridgehead atoms. The minimum absolute atomic E-state index is 0.488. The zero-order valence-electron chi connectivity index (χ0n) is 13.5. The van der Waals surface area contributed by atoms with Gasteiger partial charge in [0.05, 0.1) is 17.7 Å². The van der Waals surface area contributed by atoms with Crippen molar-refractivity contribution in [3.8, 4) is 0 Å². The molecule has 0 aliphatic heterocycles. The van der Waals surface area contributed by atoms with Crippen LogP contribution in [0, 0.1) is 13.8 Å². The summed E-state index contributed by atoms with van der Waals surface area (Å²) in [5.41, 5.74) is 5.46. The Hall–Kier alpha value is -1.46. The molecule has 0 atom stereocenters. The molecule has 2 aromatic rings. The summed E-state index contributed by atoms with van der Waals surface area (Å²) in [5, 5.41) is 3.42. The van der Waals surface area contributed by atoms with Gasteiger partial charge in [0.2, 0.25) is 0 Å². The summed E-state index contributed by atoms with van der Waals surface area (Å²) in [6.45, 7) is 10.2. The Balaban J connectivity index is 2.07. The number of hydrogen-bond acceptors (Lipinski definition) is 5. The van der Waals surface area contributed by atoms with E-state index < -0.39 is 0 Å². The van der Waals surface area contributed by atoms with Gasteiger partial charge < -0.3 is 10.2 Å². The van der Waals surface area contributed by atoms with Gasteiger partial charge in [-0.2, -0.15) is 0 Å². The van der Waals surface area contributed by atoms with E-state index in [0.717, 1.165) is 24.6 Å². The highest BCUT2D eigenvalue weighted by atomic mass is 32.1. The first-order chi connectivity index (χ1) is 9.97. The monoisotopic (exact) mass is 304 g/mol. The zero-order chi connectivity index (χ0) is 15.4. The number of nitrogens with one attached hydrogen (secondary N) is 1. The smallest absolute Gasteiger partial charge is 0.131 e. The highest BCUT2D eigenvalue weighted by Gasteiger charge is 2.10. The van der Waals surface area contributed by atoms with Crippen LogP contribution < -0.4 is 10.2 Å². The standard InChI is InChI=1S/C16H24N4S/c1-11(2)17-7-14-6-12(3)16(18-8-14)20(5)9-15-13(4)19-10-21-15/h6,8,10-11,17H,7,9H2,1-5H3. The van der Waals surface area contributed by atoms with Gasteiger partial charge in [0, 0.05) is 30.7 Å². The summed E-state index contributed by atoms with van der Waals surface area (Å²) in [6.07, 6.45) is 1.97. The van der Waals surface area contributed by atoms with Crippen molar-refractivity contribution in [3.63, 3.8) is 0 Å². The average molecular weight is 304 g/mol. The minimum Gasteiger partial charge on any atom is -0.354 e. The molecule has 5 heteroatoms. The minimum atomic E-state index is 0.488. The molecule has 0 saturated heterocycles. The molecule has 2 rings (SSSR count). The summed E-state index contributed by atoms with van der Waals surface area (Å²) in [6, 6.07) is 2.70. The van der Waals surface area contributed by atoms with E-state index in [2.05, 4.69) is 61.0 Å². The largest absolute Gasteiger partial charge is 0.354 e. The van der Waals surface area contributed by atoms with E-state index in [1.807, 2.05) is 11.7 Å². The fraction of sp³-hybridized carbons (Fsp3) is 0.500. The van der Waals surface area contributed by atoms with Crippen LogP contribution in [-0.4, -0.2) is 23.1 Å². The predicted molar refractivity (Wildman–Crippen MR) is 89.9 cm³/mol. The molecule has 0 fully saturated rings. The van der Waals surface area contributed by atoms with Gasteiger partial charge in [0.25, 0.3) is 0 Å². The van der Waals surface area contributed by atoms with Gasteiger partial charge in [0.1, 0.15) is 5.82 Å². The predicted octanol–water partition coefficient (Wildman–Crippen LogP) is 3.29. The molecule has 0 aromatic carbocycles. The third-order valence-corrected chi connectivity index (χ3v) is 4.33. The molecule has 0 aliphatic carbocycles. The first kappa shape index (κ1) is 15.9. The van der Waals surface area contributed by atoms with Crippen molar-refractivity contribution in [2.75, 3.05) is 11.9 Å². The van der Waals surface area contributed by atoms with Crippen LogP contribution in [0.15, 0.2) is 17.8 Å². The van der Waals surface area contributed by atoms with Gasteiger partial charge in [-0.25, -0.2) is 9.97 Å². The molecule has 0 amide bonds. The lowest BCUT2D eigenvalue weighted by Gasteiger charge is -2.20. The maximum atomic E-state index is 4.64. The highest BCUT2D eigenvalue weighted by Crippen LogP contribution is 2.21. The number of pyridine rings is 1. The molecular weight excluding hydrogens is 280 g/mol. The topological polar surface area (TPSA) is 41.1 Å². The average Bonchev–Trinajstić information content (AvgIpc) is 2.82. The Labute approximate surface area is 131 Å². The number of aryl methyl sites for hydroxylation is 2. The van der Waals surface area contributed by atoms with Gasteiger partial charge in [-0.05, 0) is 31.0 Å². The van der Waals surface area contributed by atoms with E-state index in [9.17, 15) is 0 Å². The third-order valence-electron chi connectivity index (χ3n) is 3.41. The van der Waals surface area contributed by atoms with Crippen molar-refractivity contribution in [1.82, 2.24) is 15.3 Å². The van der Waals surface area contributed by atoms with E-state index >= 15 is 0 Å². The third kappa shape index (κ3) is 4.25. The summed E-state index contributed by atoms with van der Waals surface area (Å²) < 4.78 is 0. The number of rotatable bonds is 6. The second-order valence-corrected chi connectivity index (χ2v) is 6.68. The first-order valence-corrected chi connectivity index (χ1v) is 8.14. The van der Waals surface area contributed by atoms with Crippen LogP contribution in [0.3, 0.4) is 0 Å². The Bertz CT molecular complexity index is 592. The van der Waals surface area contributed by atoms with E-state index in [-0.39, 0.29) is 0 Å². The summed E-state index contributed by atoms with van der Waals surface area (Å²) in [4.78, 5) is 12.4. The van der Waals surface area contributed by atoms with Gasteiger partial charge in [-0.15, -0.1) is 11.3 Å². The first-order valence-electron chi connectivity index (χ1n) is 7.26. The second kappa shape index (κ2) is 7.00. The van der Waals surface area contributed by atoms with Crippen LogP contribution in [0.1, 0.15) is 35.5 Å². The van der Waals surface area contributed by atoms with Crippen LogP contribution in [0.5, 0.6) is 0 Å². The fourth-order valence-electron chi connectivity index (χ4n) is 2.21. The zero-order valence-corrected chi connectivity index (χ0v) is 14.3. The van der Waals surface area contributed by atoms with Gasteiger partial charge >= 0.3 is 0 Å². The Morgan fingerprint density at radius 2 is 2.05 bits per heavy atom. The lowest BCUT2D eigenvalue weighted by molar-refractivity contribution is 0.587. The maximum absolute atomic E-state index is 4.64. The highest BCUT2D eigenvalue weighted by molar-refractivity contribution is 7.09. The van der Waals surface area contributed by atoms with Crippen LogP contribution in [0.25, 0.3) is 0 Å². The number of aromatic nitrogens is 2. The van der Waals surface area contributed by atoms with Gasteiger partial charge in [-0.1, -0.05) is 13.8 Å². The Kier molecular flexibility index (Phi) is 5.31.